The maximum absolute atomic E-state index is 12.2. The van der Waals surface area contributed by atoms with Gasteiger partial charge in [-0.2, -0.15) is 26.3 Å². The Morgan fingerprint density at radius 3 is 0.747 bits per heavy atom. The molecule has 0 unspecified atom stereocenters. The van der Waals surface area contributed by atoms with E-state index >= 15 is 0 Å². The van der Waals surface area contributed by atoms with E-state index < -0.39 is 19.8 Å². The molecule has 0 spiro atoms. The number of unbranched alkanes of at least 4 members (excludes halogenated alkanes) is 6. The van der Waals surface area contributed by atoms with Crippen molar-refractivity contribution in [2.45, 2.75) is 212 Å². The lowest BCUT2D eigenvalue weighted by molar-refractivity contribution is -0.0505. The maximum atomic E-state index is 12.2. The van der Waals surface area contributed by atoms with Gasteiger partial charge in [0, 0.05) is 33.4 Å². The average Bonchev–Trinajstić information content (AvgIpc) is 3.71. The Labute approximate surface area is 516 Å². The summed E-state index contributed by atoms with van der Waals surface area (Å²) in [6.45, 7) is -1.60. The molecule has 3 saturated carbocycles. The Balaban J connectivity index is 0.000000187. The van der Waals surface area contributed by atoms with Gasteiger partial charge in [0.15, 0.2) is 0 Å². The van der Waals surface area contributed by atoms with Crippen LogP contribution >= 0.6 is 0 Å². The van der Waals surface area contributed by atoms with Gasteiger partial charge in [-0.05, 0) is 238 Å². The predicted molar refractivity (Wildman–Crippen MR) is 343 cm³/mol. The second kappa shape index (κ2) is 37.6. The third-order valence-electron chi connectivity index (χ3n) is 17.6. The van der Waals surface area contributed by atoms with Gasteiger partial charge in [-0.3, -0.25) is 0 Å². The van der Waals surface area contributed by atoms with Crippen molar-refractivity contribution in [2.24, 2.45) is 17.8 Å². The molecule has 9 rings (SSSR count). The van der Waals surface area contributed by atoms with Crippen molar-refractivity contribution in [3.05, 3.63) is 196 Å². The summed E-state index contributed by atoms with van der Waals surface area (Å²) in [5, 5.41) is 0. The fraction of sp³-hybridized carbons (Fsp3) is 0.462. The Kier molecular flexibility index (Phi) is 29.2. The Hall–Kier alpha value is -7.02. The molecule has 0 atom stereocenters. The molecule has 3 nitrogen and oxygen atoms in total. The van der Waals surface area contributed by atoms with Crippen LogP contribution < -0.4 is 14.2 Å². The van der Waals surface area contributed by atoms with E-state index in [1.807, 2.05) is 0 Å². The van der Waals surface area contributed by atoms with Crippen LogP contribution in [0.25, 0.3) is 0 Å². The quantitative estimate of drug-likeness (QED) is 0.0408. The molecule has 3 aliphatic rings. The number of halogens is 6. The summed E-state index contributed by atoms with van der Waals surface area (Å²) in [5.74, 6) is 24.0. The van der Waals surface area contributed by atoms with E-state index in [1.165, 1.54) is 207 Å². The van der Waals surface area contributed by atoms with Crippen molar-refractivity contribution >= 4 is 0 Å². The standard InChI is InChI=1S/C27H32F2O.C26H30F2O.C25H28F2O/c1-2-3-4-5-6-21-9-15-24(16-10-21)25-17-11-22(12-18-25)7-8-23-13-19-26(20-14-23)30-27(28)29;1-2-3-4-5-20-8-14-23(15-9-20)24-16-10-21(11-17-24)6-7-22-12-18-25(19-13-22)29-26(27)28;1-2-3-4-19-7-13-22(14-8-19)23-15-9-20(10-16-23)5-6-21-11-17-24(18-12-21)28-25(26)27/h11-14,17-21,24,27H,2-6,9-10,15-16H2,1H3;10-13,16-20,23,26H,2-5,8-9,14-15H2,1H3;9-12,15-19,22,25H,2-4,7-8,13-14H2,1H3. The van der Waals surface area contributed by atoms with Crippen LogP contribution in [0.1, 0.15) is 243 Å². The number of benzene rings is 6. The molecule has 0 N–H and O–H groups in total. The molecule has 462 valence electrons. The smallest absolute Gasteiger partial charge is 0.387 e. The van der Waals surface area contributed by atoms with Crippen LogP contribution in [-0.2, 0) is 0 Å². The molecule has 9 heteroatoms. The van der Waals surface area contributed by atoms with Gasteiger partial charge < -0.3 is 14.2 Å². The topological polar surface area (TPSA) is 27.7 Å². The van der Waals surface area contributed by atoms with Crippen molar-refractivity contribution in [3.63, 3.8) is 0 Å². The van der Waals surface area contributed by atoms with E-state index in [1.54, 1.807) is 36.4 Å². The third kappa shape index (κ3) is 24.9. The molecular weight excluding hydrogens is 1100 g/mol. The lowest BCUT2D eigenvalue weighted by Gasteiger charge is -2.29. The van der Waals surface area contributed by atoms with Crippen LogP contribution in [0.3, 0.4) is 0 Å². The third-order valence-corrected chi connectivity index (χ3v) is 17.6. The second-order valence-electron chi connectivity index (χ2n) is 24.0. The van der Waals surface area contributed by atoms with E-state index in [9.17, 15) is 26.3 Å². The molecule has 6 aromatic rings. The molecule has 0 radical (unpaired) electrons. The molecule has 3 aliphatic carbocycles. The SMILES string of the molecule is CCCCC1CCC(c2ccc(C#Cc3ccc(OC(F)F)cc3)cc2)CC1.CCCCCC1CCC(c2ccc(C#Cc3ccc(OC(F)F)cc3)cc2)CC1.CCCCCCC1CCC(c2ccc(C#Cc3ccc(OC(F)F)cc3)cc2)CC1. The van der Waals surface area contributed by atoms with Gasteiger partial charge in [0.05, 0.1) is 0 Å². The van der Waals surface area contributed by atoms with Crippen LogP contribution in [0, 0.1) is 53.3 Å². The second-order valence-corrected chi connectivity index (χ2v) is 24.0. The van der Waals surface area contributed by atoms with Gasteiger partial charge in [-0.15, -0.1) is 0 Å². The minimum Gasteiger partial charge on any atom is -0.435 e. The summed E-state index contributed by atoms with van der Waals surface area (Å²) in [6, 6.07) is 45.0. The van der Waals surface area contributed by atoms with Crippen LogP contribution in [0.15, 0.2) is 146 Å². The molecule has 0 bridgehead atoms. The van der Waals surface area contributed by atoms with Crippen LogP contribution in [-0.4, -0.2) is 19.8 Å². The molecule has 0 heterocycles. The molecule has 0 amide bonds. The lowest BCUT2D eigenvalue weighted by atomic mass is 9.77. The van der Waals surface area contributed by atoms with E-state index in [4.69, 9.17) is 0 Å². The van der Waals surface area contributed by atoms with Crippen LogP contribution in [0.4, 0.5) is 26.3 Å². The first-order valence-corrected chi connectivity index (χ1v) is 32.4. The van der Waals surface area contributed by atoms with Crippen molar-refractivity contribution in [3.8, 4) is 52.8 Å². The zero-order chi connectivity index (χ0) is 61.4. The van der Waals surface area contributed by atoms with Gasteiger partial charge in [0.1, 0.15) is 17.2 Å². The largest absolute Gasteiger partial charge is 0.435 e. The van der Waals surface area contributed by atoms with Crippen molar-refractivity contribution in [2.75, 3.05) is 0 Å². The van der Waals surface area contributed by atoms with Gasteiger partial charge in [0.25, 0.3) is 0 Å². The van der Waals surface area contributed by atoms with Gasteiger partial charge in [0.2, 0.25) is 0 Å². The number of hydrogen-bond donors (Lipinski definition) is 0. The normalized spacial score (nSPS) is 18.9. The summed E-state index contributed by atoms with van der Waals surface area (Å²) in [7, 11) is 0. The first-order valence-electron chi connectivity index (χ1n) is 32.4. The summed E-state index contributed by atoms with van der Waals surface area (Å²) in [4.78, 5) is 0. The molecule has 87 heavy (non-hydrogen) atoms. The van der Waals surface area contributed by atoms with Crippen molar-refractivity contribution in [1.82, 2.24) is 0 Å². The summed E-state index contributed by atoms with van der Waals surface area (Å²) >= 11 is 0. The molecule has 3 fully saturated rings. The Morgan fingerprint density at radius 2 is 0.506 bits per heavy atom. The number of ether oxygens (including phenoxy) is 3. The van der Waals surface area contributed by atoms with Crippen LogP contribution in [0.5, 0.6) is 17.2 Å². The monoisotopic (exact) mass is 1190 g/mol. The fourth-order valence-electron chi connectivity index (χ4n) is 12.5. The highest BCUT2D eigenvalue weighted by molar-refractivity contribution is 5.48. The van der Waals surface area contributed by atoms with E-state index in [0.29, 0.717) is 17.8 Å². The molecule has 0 aliphatic heterocycles. The summed E-state index contributed by atoms with van der Waals surface area (Å²) in [6.07, 6.45) is 32.4. The highest BCUT2D eigenvalue weighted by Crippen LogP contribution is 2.40. The maximum Gasteiger partial charge on any atom is 0.387 e. The fourth-order valence-corrected chi connectivity index (χ4v) is 12.5. The van der Waals surface area contributed by atoms with Gasteiger partial charge in [-0.1, -0.05) is 170 Å². The van der Waals surface area contributed by atoms with E-state index in [0.717, 1.165) is 51.1 Å². The summed E-state index contributed by atoms with van der Waals surface area (Å²) in [5.41, 5.74) is 9.51. The molecule has 0 aromatic heterocycles. The van der Waals surface area contributed by atoms with E-state index in [2.05, 4.69) is 143 Å². The first kappa shape index (κ1) is 67.5. The molecule has 0 saturated heterocycles. The molecule has 6 aromatic carbocycles. The Morgan fingerprint density at radius 1 is 0.287 bits per heavy atom. The number of hydrogen-bond acceptors (Lipinski definition) is 3. The predicted octanol–water partition coefficient (Wildman–Crippen LogP) is 22.6. The van der Waals surface area contributed by atoms with Crippen LogP contribution in [0.2, 0.25) is 0 Å². The number of rotatable bonds is 21. The van der Waals surface area contributed by atoms with E-state index in [-0.39, 0.29) is 17.2 Å². The number of alkyl halides is 6. The molecular formula is C78H90F6O3. The lowest BCUT2D eigenvalue weighted by Crippen LogP contribution is -2.13. The average molecular weight is 1190 g/mol. The highest BCUT2D eigenvalue weighted by Gasteiger charge is 2.24. The zero-order valence-electron chi connectivity index (χ0n) is 51.5. The van der Waals surface area contributed by atoms with Gasteiger partial charge >= 0.3 is 19.8 Å². The summed E-state index contributed by atoms with van der Waals surface area (Å²) < 4.78 is 86.2. The highest BCUT2D eigenvalue weighted by atomic mass is 19.3. The minimum atomic E-state index is -2.80. The van der Waals surface area contributed by atoms with Crippen molar-refractivity contribution in [1.29, 1.82) is 0 Å². The Bertz CT molecular complexity index is 3040. The minimum absolute atomic E-state index is 0.148. The zero-order valence-corrected chi connectivity index (χ0v) is 51.5. The van der Waals surface area contributed by atoms with Gasteiger partial charge in [-0.25, -0.2) is 0 Å². The van der Waals surface area contributed by atoms with Crippen molar-refractivity contribution < 1.29 is 40.6 Å². The first-order chi connectivity index (χ1) is 42.4.